The third kappa shape index (κ3) is 4.73. The second-order valence-corrected chi connectivity index (χ2v) is 8.92. The van der Waals surface area contributed by atoms with Gasteiger partial charge in [-0.3, -0.25) is 0 Å². The average molecular weight is 445 g/mol. The first-order valence-electron chi connectivity index (χ1n) is 11.7. The molecule has 1 aliphatic rings. The minimum Gasteiger partial charge on any atom is -0.384 e. The monoisotopic (exact) mass is 444 g/mol. The van der Waals surface area contributed by atoms with Crippen LogP contribution in [0.4, 0.5) is 10.2 Å². The van der Waals surface area contributed by atoms with E-state index in [-0.39, 0.29) is 11.7 Å². The van der Waals surface area contributed by atoms with Gasteiger partial charge in [-0.15, -0.1) is 5.10 Å². The Hall–Kier alpha value is -3.32. The maximum absolute atomic E-state index is 14.8. The van der Waals surface area contributed by atoms with E-state index >= 15 is 0 Å². The molecule has 5 rings (SSSR count). The highest BCUT2D eigenvalue weighted by molar-refractivity contribution is 5.77. The standard InChI is InChI=1S/C26H29FN6/c27-23-9-5-4-8-21(23)20(22-16-24(28)30-26-25(22)31-33-32-26)14-15-29-19-12-10-18(11-13-19)17-6-2-1-3-7-17/h1-9,16,18-20,29H,10-15H2,(H3,28,30,31,32,33)/t18-,19-,20?. The largest absolute Gasteiger partial charge is 0.384 e. The zero-order chi connectivity index (χ0) is 22.6. The molecule has 33 heavy (non-hydrogen) atoms. The summed E-state index contributed by atoms with van der Waals surface area (Å²) in [6, 6.07) is 20.0. The van der Waals surface area contributed by atoms with Crippen LogP contribution in [-0.4, -0.2) is 33.0 Å². The van der Waals surface area contributed by atoms with Gasteiger partial charge in [-0.2, -0.15) is 0 Å². The van der Waals surface area contributed by atoms with E-state index < -0.39 is 0 Å². The molecule has 1 atom stereocenters. The number of H-pyrrole nitrogens is 1. The number of aromatic amines is 1. The number of nitrogens with zero attached hydrogens (tertiary/aromatic N) is 3. The van der Waals surface area contributed by atoms with E-state index in [4.69, 9.17) is 5.73 Å². The number of nitrogens with two attached hydrogens (primary N) is 1. The summed E-state index contributed by atoms with van der Waals surface area (Å²) in [6.07, 6.45) is 5.42. The summed E-state index contributed by atoms with van der Waals surface area (Å²) in [6.45, 7) is 0.779. The molecule has 1 aliphatic carbocycles. The highest BCUT2D eigenvalue weighted by Gasteiger charge is 2.25. The van der Waals surface area contributed by atoms with Crippen molar-refractivity contribution in [2.24, 2.45) is 0 Å². The zero-order valence-corrected chi connectivity index (χ0v) is 18.5. The van der Waals surface area contributed by atoms with E-state index in [1.807, 2.05) is 12.1 Å². The molecule has 1 unspecified atom stereocenters. The third-order valence-corrected chi connectivity index (χ3v) is 6.87. The van der Waals surface area contributed by atoms with Crippen LogP contribution in [0.2, 0.25) is 0 Å². The van der Waals surface area contributed by atoms with Crippen molar-refractivity contribution < 1.29 is 4.39 Å². The highest BCUT2D eigenvalue weighted by Crippen LogP contribution is 2.35. The number of pyridine rings is 1. The van der Waals surface area contributed by atoms with Crippen molar-refractivity contribution in [2.75, 3.05) is 12.3 Å². The molecule has 0 bridgehead atoms. The minimum absolute atomic E-state index is 0.197. The summed E-state index contributed by atoms with van der Waals surface area (Å²) < 4.78 is 14.8. The smallest absolute Gasteiger partial charge is 0.178 e. The van der Waals surface area contributed by atoms with Gasteiger partial charge >= 0.3 is 0 Å². The first kappa shape index (κ1) is 21.5. The third-order valence-electron chi connectivity index (χ3n) is 6.87. The molecule has 0 aliphatic heterocycles. The Bertz CT molecular complexity index is 1200. The van der Waals surface area contributed by atoms with Crippen molar-refractivity contribution in [1.82, 2.24) is 25.7 Å². The summed E-state index contributed by atoms with van der Waals surface area (Å²) in [5.74, 6) is 0.600. The first-order chi connectivity index (χ1) is 16.2. The van der Waals surface area contributed by atoms with E-state index in [1.165, 1.54) is 24.5 Å². The molecule has 2 heterocycles. The molecule has 0 radical (unpaired) electrons. The lowest BCUT2D eigenvalue weighted by atomic mass is 9.81. The number of nitrogen functional groups attached to an aromatic ring is 1. The minimum atomic E-state index is -0.224. The first-order valence-corrected chi connectivity index (χ1v) is 11.7. The number of aromatic nitrogens is 4. The number of anilines is 1. The van der Waals surface area contributed by atoms with Crippen LogP contribution in [0.1, 0.15) is 60.6 Å². The van der Waals surface area contributed by atoms with Crippen LogP contribution in [0, 0.1) is 5.82 Å². The molecule has 4 N–H and O–H groups in total. The number of rotatable bonds is 7. The van der Waals surface area contributed by atoms with Gasteiger partial charge in [0, 0.05) is 12.0 Å². The maximum atomic E-state index is 14.8. The average Bonchev–Trinajstić information content (AvgIpc) is 3.32. The predicted molar refractivity (Wildman–Crippen MR) is 128 cm³/mol. The molecular formula is C26H29FN6. The van der Waals surface area contributed by atoms with Crippen LogP contribution in [0.3, 0.4) is 0 Å². The normalized spacial score (nSPS) is 19.5. The molecular weight excluding hydrogens is 415 g/mol. The van der Waals surface area contributed by atoms with Crippen molar-refractivity contribution in [3.05, 3.63) is 83.2 Å². The van der Waals surface area contributed by atoms with E-state index in [9.17, 15) is 4.39 Å². The summed E-state index contributed by atoms with van der Waals surface area (Å²) in [7, 11) is 0. The lowest BCUT2D eigenvalue weighted by molar-refractivity contribution is 0.340. The number of nitrogens with one attached hydrogen (secondary N) is 2. The van der Waals surface area contributed by atoms with E-state index in [0.717, 1.165) is 31.4 Å². The van der Waals surface area contributed by atoms with Crippen LogP contribution < -0.4 is 11.1 Å². The lowest BCUT2D eigenvalue weighted by Gasteiger charge is -2.30. The van der Waals surface area contributed by atoms with Gasteiger partial charge < -0.3 is 11.1 Å². The number of benzene rings is 2. The quantitative estimate of drug-likeness (QED) is 0.377. The van der Waals surface area contributed by atoms with Gasteiger partial charge in [0.05, 0.1) is 0 Å². The number of halogens is 1. The molecule has 2 aromatic heterocycles. The van der Waals surface area contributed by atoms with Gasteiger partial charge in [0.2, 0.25) is 0 Å². The summed E-state index contributed by atoms with van der Waals surface area (Å²) >= 11 is 0. The van der Waals surface area contributed by atoms with Crippen molar-refractivity contribution in [3.8, 4) is 0 Å². The van der Waals surface area contributed by atoms with Gasteiger partial charge in [-0.25, -0.2) is 14.5 Å². The zero-order valence-electron chi connectivity index (χ0n) is 18.5. The Kier molecular flexibility index (Phi) is 6.30. The van der Waals surface area contributed by atoms with Gasteiger partial charge in [0.1, 0.15) is 17.2 Å². The van der Waals surface area contributed by atoms with Gasteiger partial charge in [0.25, 0.3) is 0 Å². The molecule has 4 aromatic rings. The molecule has 0 saturated heterocycles. The van der Waals surface area contributed by atoms with Crippen LogP contribution >= 0.6 is 0 Å². The van der Waals surface area contributed by atoms with Crippen LogP contribution in [0.5, 0.6) is 0 Å². The summed E-state index contributed by atoms with van der Waals surface area (Å²) in [5, 5.41) is 14.6. The highest BCUT2D eigenvalue weighted by atomic mass is 19.1. The van der Waals surface area contributed by atoms with Gasteiger partial charge in [0.15, 0.2) is 5.65 Å². The predicted octanol–water partition coefficient (Wildman–Crippen LogP) is 4.91. The Labute approximate surface area is 192 Å². The number of hydrogen-bond donors (Lipinski definition) is 3. The number of fused-ring (bicyclic) bond motifs is 1. The van der Waals surface area contributed by atoms with E-state index in [0.29, 0.717) is 34.5 Å². The fourth-order valence-corrected chi connectivity index (χ4v) is 5.17. The fourth-order valence-electron chi connectivity index (χ4n) is 5.17. The topological polar surface area (TPSA) is 92.5 Å². The van der Waals surface area contributed by atoms with Gasteiger partial charge in [-0.1, -0.05) is 53.7 Å². The van der Waals surface area contributed by atoms with Gasteiger partial charge in [-0.05, 0) is 73.4 Å². The molecule has 1 fully saturated rings. The van der Waals surface area contributed by atoms with E-state index in [2.05, 4.69) is 56.0 Å². The molecule has 1 saturated carbocycles. The van der Waals surface area contributed by atoms with Crippen LogP contribution in [0.15, 0.2) is 60.7 Å². The molecule has 170 valence electrons. The Morgan fingerprint density at radius 1 is 1.00 bits per heavy atom. The van der Waals surface area contributed by atoms with Crippen LogP contribution in [-0.2, 0) is 0 Å². The fraction of sp³-hybridized carbons (Fsp3) is 0.346. The second-order valence-electron chi connectivity index (χ2n) is 8.92. The van der Waals surface area contributed by atoms with Crippen molar-refractivity contribution >= 4 is 17.0 Å². The summed E-state index contributed by atoms with van der Waals surface area (Å²) in [4.78, 5) is 4.27. The molecule has 0 amide bonds. The second kappa shape index (κ2) is 9.67. The number of hydrogen-bond acceptors (Lipinski definition) is 5. The Balaban J connectivity index is 1.29. The molecule has 0 spiro atoms. The molecule has 6 nitrogen and oxygen atoms in total. The summed E-state index contributed by atoms with van der Waals surface area (Å²) in [5.41, 5.74) is 10.2. The van der Waals surface area contributed by atoms with Crippen LogP contribution in [0.25, 0.3) is 11.2 Å². The SMILES string of the molecule is Nc1cc(C(CCN[C@H]2CC[C@H](c3ccccc3)CC2)c2ccccc2F)c2nn[nH]c2n1. The maximum Gasteiger partial charge on any atom is 0.178 e. The molecule has 7 heteroatoms. The Morgan fingerprint density at radius 2 is 1.76 bits per heavy atom. The molecule has 2 aromatic carbocycles. The van der Waals surface area contributed by atoms with Crippen molar-refractivity contribution in [2.45, 2.75) is 50.0 Å². The van der Waals surface area contributed by atoms with Crippen molar-refractivity contribution in [1.29, 1.82) is 0 Å². The Morgan fingerprint density at radius 3 is 2.55 bits per heavy atom. The van der Waals surface area contributed by atoms with E-state index in [1.54, 1.807) is 12.1 Å². The van der Waals surface area contributed by atoms with Crippen molar-refractivity contribution in [3.63, 3.8) is 0 Å². The lowest BCUT2D eigenvalue weighted by Crippen LogP contribution is -2.34.